The second-order valence-corrected chi connectivity index (χ2v) is 18.5. The van der Waals surface area contributed by atoms with E-state index in [1.807, 2.05) is 54.5 Å². The van der Waals surface area contributed by atoms with E-state index in [2.05, 4.69) is 19.1 Å². The molecule has 0 aromatic heterocycles. The first-order valence-corrected chi connectivity index (χ1v) is 25.9. The molecule has 0 saturated heterocycles. The maximum absolute atomic E-state index is 10.5. The number of aliphatic hydroxyl groups is 6. The van der Waals surface area contributed by atoms with Crippen LogP contribution in [0.2, 0.25) is 0 Å². The van der Waals surface area contributed by atoms with Crippen molar-refractivity contribution in [2.24, 2.45) is 0 Å². The predicted octanol–water partition coefficient (Wildman–Crippen LogP) is 8.93. The van der Waals surface area contributed by atoms with Gasteiger partial charge in [-0.05, 0) is 97.8 Å². The number of allylic oxidation sites excluding steroid dienone is 6. The summed E-state index contributed by atoms with van der Waals surface area (Å²) < 4.78 is 44.0. The van der Waals surface area contributed by atoms with E-state index in [0.717, 1.165) is 65.5 Å². The Labute approximate surface area is 448 Å². The Bertz CT molecular complexity index is 2220. The highest BCUT2D eigenvalue weighted by Crippen LogP contribution is 2.42. The minimum atomic E-state index is -0.347. The highest BCUT2D eigenvalue weighted by atomic mass is 16.5. The highest BCUT2D eigenvalue weighted by molar-refractivity contribution is 5.61. The van der Waals surface area contributed by atoms with Crippen molar-refractivity contribution in [3.63, 3.8) is 0 Å². The van der Waals surface area contributed by atoms with Crippen molar-refractivity contribution in [3.05, 3.63) is 102 Å². The third-order valence-electron chi connectivity index (χ3n) is 12.5. The SMILES string of the molecule is CC/C(C)=C/Cc1c(C)c(OCCCOC)c(CO)c(CO)c1O.COCCCOc1c(C)c(CC=C(C)C)c(OCCCOC)c(CO)c1CO.COCCCOc1c(CC=C(C)C)c(C)c(O)c(CO)c1CO. The monoisotopic (exact) mass is 1060 g/mol. The van der Waals surface area contributed by atoms with Gasteiger partial charge in [-0.3, -0.25) is 0 Å². The van der Waals surface area contributed by atoms with Crippen molar-refractivity contribution in [2.45, 2.75) is 153 Å². The van der Waals surface area contributed by atoms with Crippen LogP contribution in [-0.4, -0.2) is 122 Å². The van der Waals surface area contributed by atoms with Gasteiger partial charge in [0.1, 0.15) is 34.5 Å². The molecule has 3 rings (SSSR count). The summed E-state index contributed by atoms with van der Waals surface area (Å²) in [6.45, 7) is 20.3. The zero-order chi connectivity index (χ0) is 56.5. The molecule has 426 valence electrons. The van der Waals surface area contributed by atoms with E-state index in [-0.39, 0.29) is 51.1 Å². The Hall–Kier alpha value is -4.72. The molecule has 0 atom stereocenters. The minimum absolute atomic E-state index is 0.0259. The molecule has 0 aliphatic rings. The third kappa shape index (κ3) is 21.7. The van der Waals surface area contributed by atoms with Crippen LogP contribution in [0.3, 0.4) is 0 Å². The van der Waals surface area contributed by atoms with Gasteiger partial charge in [-0.15, -0.1) is 0 Å². The molecule has 75 heavy (non-hydrogen) atoms. The Kier molecular flexibility index (Phi) is 35.3. The first kappa shape index (κ1) is 68.3. The molecule has 0 radical (unpaired) electrons. The van der Waals surface area contributed by atoms with Gasteiger partial charge in [0.05, 0.1) is 66.1 Å². The lowest BCUT2D eigenvalue weighted by atomic mass is 9.93. The summed E-state index contributed by atoms with van der Waals surface area (Å²) in [6, 6.07) is 0. The Balaban J connectivity index is 0.000000566. The van der Waals surface area contributed by atoms with E-state index in [1.54, 1.807) is 35.4 Å². The average Bonchev–Trinajstić information content (AvgIpc) is 3.39. The number of aromatic hydroxyl groups is 2. The Morgan fingerprint density at radius 3 is 1.00 bits per heavy atom. The van der Waals surface area contributed by atoms with Crippen molar-refractivity contribution in [1.29, 1.82) is 0 Å². The van der Waals surface area contributed by atoms with Crippen LogP contribution in [0, 0.1) is 20.8 Å². The van der Waals surface area contributed by atoms with Crippen molar-refractivity contribution in [3.8, 4) is 34.5 Å². The van der Waals surface area contributed by atoms with Crippen molar-refractivity contribution in [1.82, 2.24) is 0 Å². The summed E-state index contributed by atoms with van der Waals surface area (Å²) in [5.41, 5.74) is 11.3. The molecule has 8 N–H and O–H groups in total. The number of hydrogen-bond donors (Lipinski definition) is 8. The topological polar surface area (TPSA) is 236 Å². The molecule has 3 aromatic rings. The van der Waals surface area contributed by atoms with Crippen LogP contribution < -0.4 is 18.9 Å². The van der Waals surface area contributed by atoms with E-state index in [0.29, 0.717) is 134 Å². The number of hydrogen-bond acceptors (Lipinski definition) is 16. The second-order valence-electron chi connectivity index (χ2n) is 18.5. The molecule has 3 aromatic carbocycles. The van der Waals surface area contributed by atoms with Gasteiger partial charge >= 0.3 is 0 Å². The van der Waals surface area contributed by atoms with Crippen LogP contribution in [-0.2, 0) is 77.9 Å². The normalized spacial score (nSPS) is 11.1. The molecule has 0 aliphatic carbocycles. The lowest BCUT2D eigenvalue weighted by Gasteiger charge is -2.24. The first-order chi connectivity index (χ1) is 36.0. The number of methoxy groups -OCH3 is 4. The number of phenols is 2. The lowest BCUT2D eigenvalue weighted by molar-refractivity contribution is 0.167. The molecule has 16 nitrogen and oxygen atoms in total. The van der Waals surface area contributed by atoms with Gasteiger partial charge in [-0.1, -0.05) is 41.9 Å². The fourth-order valence-electron chi connectivity index (χ4n) is 8.03. The van der Waals surface area contributed by atoms with E-state index in [4.69, 9.17) is 37.9 Å². The summed E-state index contributed by atoms with van der Waals surface area (Å²) >= 11 is 0. The van der Waals surface area contributed by atoms with Gasteiger partial charge < -0.3 is 78.7 Å². The van der Waals surface area contributed by atoms with E-state index in [1.165, 1.54) is 11.1 Å². The molecule has 0 amide bonds. The Morgan fingerprint density at radius 2 is 0.653 bits per heavy atom. The fourth-order valence-corrected chi connectivity index (χ4v) is 8.03. The van der Waals surface area contributed by atoms with Crippen LogP contribution in [0.5, 0.6) is 34.5 Å². The van der Waals surface area contributed by atoms with Gasteiger partial charge in [0.15, 0.2) is 0 Å². The highest BCUT2D eigenvalue weighted by Gasteiger charge is 2.25. The maximum Gasteiger partial charge on any atom is 0.129 e. The van der Waals surface area contributed by atoms with E-state index < -0.39 is 0 Å². The van der Waals surface area contributed by atoms with Gasteiger partial charge in [0, 0.05) is 131 Å². The summed E-state index contributed by atoms with van der Waals surface area (Å²) in [6.07, 6.45) is 11.9. The largest absolute Gasteiger partial charge is 0.507 e. The van der Waals surface area contributed by atoms with Gasteiger partial charge in [-0.2, -0.15) is 0 Å². The predicted molar refractivity (Wildman–Crippen MR) is 294 cm³/mol. The molecule has 0 heterocycles. The van der Waals surface area contributed by atoms with Crippen molar-refractivity contribution >= 4 is 0 Å². The molecule has 0 bridgehead atoms. The summed E-state index contributed by atoms with van der Waals surface area (Å²) in [5.74, 6) is 2.45. The van der Waals surface area contributed by atoms with Gasteiger partial charge in [-0.25, -0.2) is 0 Å². The molecule has 0 unspecified atom stereocenters. The first-order valence-electron chi connectivity index (χ1n) is 25.9. The minimum Gasteiger partial charge on any atom is -0.507 e. The van der Waals surface area contributed by atoms with Crippen molar-refractivity contribution < 1.29 is 78.7 Å². The fraction of sp³-hybridized carbons (Fsp3) is 0.593. The summed E-state index contributed by atoms with van der Waals surface area (Å²) in [7, 11) is 6.58. The zero-order valence-corrected chi connectivity index (χ0v) is 47.6. The van der Waals surface area contributed by atoms with Crippen molar-refractivity contribution in [2.75, 3.05) is 81.3 Å². The van der Waals surface area contributed by atoms with Gasteiger partial charge in [0.2, 0.25) is 0 Å². The summed E-state index contributed by atoms with van der Waals surface area (Å²) in [4.78, 5) is 0. The zero-order valence-electron chi connectivity index (χ0n) is 47.6. The average molecular weight is 1060 g/mol. The lowest BCUT2D eigenvalue weighted by Crippen LogP contribution is -2.13. The van der Waals surface area contributed by atoms with E-state index >= 15 is 0 Å². The quantitative estimate of drug-likeness (QED) is 0.0210. The second kappa shape index (κ2) is 38.8. The van der Waals surface area contributed by atoms with Crippen LogP contribution in [0.15, 0.2) is 34.9 Å². The number of aliphatic hydroxyl groups excluding tert-OH is 6. The van der Waals surface area contributed by atoms with Crippen LogP contribution in [0.1, 0.15) is 140 Å². The molecule has 16 heteroatoms. The summed E-state index contributed by atoms with van der Waals surface area (Å²) in [5, 5.41) is 79.5. The number of benzene rings is 3. The molecule has 0 spiro atoms. The molecular weight excluding hydrogens is 965 g/mol. The van der Waals surface area contributed by atoms with Crippen LogP contribution in [0.4, 0.5) is 0 Å². The molecular formula is C59H94O16. The smallest absolute Gasteiger partial charge is 0.129 e. The van der Waals surface area contributed by atoms with Crippen LogP contribution in [0.25, 0.3) is 0 Å². The standard InChI is InChI=1S/C22H36O6.C19H30O5.C18H28O5/c1-16(2)8-9-18-17(3)21(27-12-6-10-25-4)19(14-23)20(15-24)22(18)28-13-7-11-26-5;1-5-13(2)7-8-15-14(3)19(24-10-6-9-23-4)17(12-21)16(11-20)18(15)22;1-12(2)6-7-14-13(3)17(21)15(10-19)16(11-20)18(14)23-9-5-8-22-4/h8,23-24H,6-7,9-15H2,1-5H3;7,20-22H,5-6,8-12H2,1-4H3;6,19-21H,5,7-11H2,1-4H3/b;13-7+;. The molecule has 0 aliphatic heterocycles. The number of rotatable bonds is 33. The Morgan fingerprint density at radius 1 is 0.360 bits per heavy atom. The van der Waals surface area contributed by atoms with Gasteiger partial charge in [0.25, 0.3) is 0 Å². The van der Waals surface area contributed by atoms with Crippen LogP contribution >= 0.6 is 0 Å². The number of ether oxygens (including phenoxy) is 8. The third-order valence-corrected chi connectivity index (χ3v) is 12.5. The molecule has 0 fully saturated rings. The molecule has 0 saturated carbocycles. The maximum atomic E-state index is 10.5. The van der Waals surface area contributed by atoms with E-state index in [9.17, 15) is 40.9 Å².